The molecule has 0 bridgehead atoms. The second kappa shape index (κ2) is 6.85. The first kappa shape index (κ1) is 15.9. The molecule has 0 saturated carbocycles. The van der Waals surface area contributed by atoms with Crippen molar-refractivity contribution in [1.29, 1.82) is 0 Å². The van der Waals surface area contributed by atoms with Gasteiger partial charge in [-0.25, -0.2) is 9.97 Å². The van der Waals surface area contributed by atoms with Crippen molar-refractivity contribution in [3.05, 3.63) is 17.5 Å². The Kier molecular flexibility index (Phi) is 5.73. The molecule has 4 heteroatoms. The smallest absolute Gasteiger partial charge is 0.223 e. The molecule has 4 nitrogen and oxygen atoms in total. The van der Waals surface area contributed by atoms with Gasteiger partial charge in [0.15, 0.2) is 0 Å². The number of anilines is 1. The maximum atomic E-state index is 9.57. The summed E-state index contributed by atoms with van der Waals surface area (Å²) in [5.41, 5.74) is 1.95. The zero-order valence-electron chi connectivity index (χ0n) is 12.8. The van der Waals surface area contributed by atoms with Gasteiger partial charge in [0.2, 0.25) is 5.95 Å². The molecule has 0 aromatic carbocycles. The molecule has 2 N–H and O–H groups in total. The molecule has 0 fully saturated rings. The van der Waals surface area contributed by atoms with Crippen molar-refractivity contribution in [1.82, 2.24) is 9.97 Å². The van der Waals surface area contributed by atoms with Crippen molar-refractivity contribution in [3.63, 3.8) is 0 Å². The molecule has 0 unspecified atom stereocenters. The lowest BCUT2D eigenvalue weighted by Crippen LogP contribution is -2.32. The topological polar surface area (TPSA) is 58.0 Å². The van der Waals surface area contributed by atoms with Gasteiger partial charge in [-0.15, -0.1) is 0 Å². The van der Waals surface area contributed by atoms with Gasteiger partial charge in [-0.2, -0.15) is 0 Å². The molecule has 0 atom stereocenters. The van der Waals surface area contributed by atoms with Crippen molar-refractivity contribution in [2.75, 3.05) is 18.5 Å². The Hall–Kier alpha value is -1.16. The van der Waals surface area contributed by atoms with Gasteiger partial charge in [0.25, 0.3) is 0 Å². The normalized spacial score (nSPS) is 11.9. The Balaban J connectivity index is 2.82. The van der Waals surface area contributed by atoms with E-state index in [0.717, 1.165) is 24.2 Å². The molecular weight excluding hydrogens is 238 g/mol. The molecule has 19 heavy (non-hydrogen) atoms. The number of hydrogen-bond acceptors (Lipinski definition) is 4. The average molecular weight is 265 g/mol. The summed E-state index contributed by atoms with van der Waals surface area (Å²) >= 11 is 0. The Labute approximate surface area is 116 Å². The van der Waals surface area contributed by atoms with Crippen molar-refractivity contribution < 1.29 is 5.11 Å². The summed E-state index contributed by atoms with van der Waals surface area (Å²) in [5, 5.41) is 12.9. The van der Waals surface area contributed by atoms with Gasteiger partial charge in [0, 0.05) is 23.3 Å². The van der Waals surface area contributed by atoms with Crippen LogP contribution >= 0.6 is 0 Å². The lowest BCUT2D eigenvalue weighted by molar-refractivity contribution is 0.127. The fraction of sp³-hybridized carbons (Fsp3) is 0.733. The highest BCUT2D eigenvalue weighted by atomic mass is 16.3. The molecule has 0 amide bonds. The van der Waals surface area contributed by atoms with Crippen molar-refractivity contribution >= 4 is 5.95 Å². The third kappa shape index (κ3) is 4.16. The molecule has 1 heterocycles. The largest absolute Gasteiger partial charge is 0.396 e. The molecule has 0 aliphatic heterocycles. The van der Waals surface area contributed by atoms with Gasteiger partial charge < -0.3 is 10.4 Å². The zero-order chi connectivity index (χ0) is 14.5. The van der Waals surface area contributed by atoms with Gasteiger partial charge in [-0.3, -0.25) is 0 Å². The van der Waals surface area contributed by atoms with Crippen molar-refractivity contribution in [2.45, 2.75) is 53.4 Å². The third-order valence-corrected chi connectivity index (χ3v) is 3.92. The second-order valence-corrected chi connectivity index (χ2v) is 5.63. The summed E-state index contributed by atoms with van der Waals surface area (Å²) in [6.45, 7) is 11.4. The number of nitrogens with one attached hydrogen (secondary N) is 1. The summed E-state index contributed by atoms with van der Waals surface area (Å²) in [5.74, 6) is 1.06. The van der Waals surface area contributed by atoms with E-state index in [-0.39, 0.29) is 12.0 Å². The predicted octanol–water partition coefficient (Wildman–Crippen LogP) is 3.12. The molecule has 0 saturated heterocycles. The molecule has 1 rings (SSSR count). The molecule has 108 valence electrons. The van der Waals surface area contributed by atoms with Crippen molar-refractivity contribution in [3.8, 4) is 0 Å². The van der Waals surface area contributed by atoms with E-state index in [1.165, 1.54) is 0 Å². The fourth-order valence-electron chi connectivity index (χ4n) is 2.01. The van der Waals surface area contributed by atoms with Gasteiger partial charge in [-0.05, 0) is 31.7 Å². The Morgan fingerprint density at radius 3 is 2.37 bits per heavy atom. The highest BCUT2D eigenvalue weighted by Gasteiger charge is 2.25. The first-order chi connectivity index (χ1) is 8.96. The standard InChI is InChI=1S/C15H27N3O/c1-6-15(7-2,10-19)9-16-14-17-12(5)8-13(18-14)11(3)4/h8,11,19H,6-7,9-10H2,1-5H3,(H,16,17,18). The minimum absolute atomic E-state index is 0.0783. The van der Waals surface area contributed by atoms with Gasteiger partial charge >= 0.3 is 0 Å². The van der Waals surface area contributed by atoms with Gasteiger partial charge in [-0.1, -0.05) is 27.7 Å². The monoisotopic (exact) mass is 265 g/mol. The minimum atomic E-state index is -0.0783. The van der Waals surface area contributed by atoms with Crippen LogP contribution in [0, 0.1) is 12.3 Å². The van der Waals surface area contributed by atoms with Crippen LogP contribution in [0.5, 0.6) is 0 Å². The quantitative estimate of drug-likeness (QED) is 0.795. The Morgan fingerprint density at radius 1 is 1.26 bits per heavy atom. The van der Waals surface area contributed by atoms with E-state index in [4.69, 9.17) is 0 Å². The van der Waals surface area contributed by atoms with E-state index in [0.29, 0.717) is 18.4 Å². The third-order valence-electron chi connectivity index (χ3n) is 3.92. The minimum Gasteiger partial charge on any atom is -0.396 e. The van der Waals surface area contributed by atoms with Gasteiger partial charge in [0.1, 0.15) is 0 Å². The van der Waals surface area contributed by atoms with Crippen LogP contribution in [0.25, 0.3) is 0 Å². The summed E-state index contributed by atoms with van der Waals surface area (Å²) in [6, 6.07) is 2.02. The SMILES string of the molecule is CCC(CC)(CO)CNc1nc(C)cc(C(C)C)n1. The van der Waals surface area contributed by atoms with Crippen LogP contribution in [0.2, 0.25) is 0 Å². The molecule has 0 spiro atoms. The Bertz CT molecular complexity index is 392. The molecule has 1 aromatic heterocycles. The number of aryl methyl sites for hydroxylation is 1. The van der Waals surface area contributed by atoms with Crippen LogP contribution in [0.15, 0.2) is 6.07 Å². The highest BCUT2D eigenvalue weighted by Crippen LogP contribution is 2.25. The highest BCUT2D eigenvalue weighted by molar-refractivity contribution is 5.29. The van der Waals surface area contributed by atoms with E-state index in [9.17, 15) is 5.11 Å². The Morgan fingerprint density at radius 2 is 1.89 bits per heavy atom. The van der Waals surface area contributed by atoms with Crippen LogP contribution in [0.4, 0.5) is 5.95 Å². The maximum absolute atomic E-state index is 9.57. The first-order valence-corrected chi connectivity index (χ1v) is 7.16. The van der Waals surface area contributed by atoms with E-state index in [1.807, 2.05) is 13.0 Å². The van der Waals surface area contributed by atoms with Crippen molar-refractivity contribution in [2.24, 2.45) is 5.41 Å². The maximum Gasteiger partial charge on any atom is 0.223 e. The van der Waals surface area contributed by atoms with Crippen LogP contribution in [0.1, 0.15) is 57.8 Å². The number of aliphatic hydroxyl groups is 1. The molecular formula is C15H27N3O. The summed E-state index contributed by atoms with van der Waals surface area (Å²) < 4.78 is 0. The summed E-state index contributed by atoms with van der Waals surface area (Å²) in [4.78, 5) is 8.95. The summed E-state index contributed by atoms with van der Waals surface area (Å²) in [7, 11) is 0. The predicted molar refractivity (Wildman–Crippen MR) is 79.4 cm³/mol. The number of hydrogen-bond donors (Lipinski definition) is 2. The number of nitrogens with zero attached hydrogens (tertiary/aromatic N) is 2. The van der Waals surface area contributed by atoms with E-state index < -0.39 is 0 Å². The lowest BCUT2D eigenvalue weighted by Gasteiger charge is -2.29. The van der Waals surface area contributed by atoms with E-state index in [1.54, 1.807) is 0 Å². The number of aliphatic hydroxyl groups excluding tert-OH is 1. The molecule has 0 aliphatic carbocycles. The van der Waals surface area contributed by atoms with Gasteiger partial charge in [0.05, 0.1) is 6.61 Å². The molecule has 0 aliphatic rings. The number of aromatic nitrogens is 2. The van der Waals surface area contributed by atoms with Crippen LogP contribution < -0.4 is 5.32 Å². The fourth-order valence-corrected chi connectivity index (χ4v) is 2.01. The second-order valence-electron chi connectivity index (χ2n) is 5.63. The van der Waals surface area contributed by atoms with E-state index >= 15 is 0 Å². The van der Waals surface area contributed by atoms with Crippen LogP contribution in [-0.4, -0.2) is 28.2 Å². The van der Waals surface area contributed by atoms with Crippen LogP contribution in [-0.2, 0) is 0 Å². The van der Waals surface area contributed by atoms with E-state index in [2.05, 4.69) is 43.0 Å². The van der Waals surface area contributed by atoms with Crippen LogP contribution in [0.3, 0.4) is 0 Å². The molecule has 0 radical (unpaired) electrons. The molecule has 1 aromatic rings. The lowest BCUT2D eigenvalue weighted by atomic mass is 9.83. The zero-order valence-corrected chi connectivity index (χ0v) is 12.8. The number of rotatable bonds is 7. The summed E-state index contributed by atoms with van der Waals surface area (Å²) in [6.07, 6.45) is 1.88. The first-order valence-electron chi connectivity index (χ1n) is 7.16. The average Bonchev–Trinajstić information content (AvgIpc) is 2.40.